The number of halogens is 2. The number of hydrogen-bond donors (Lipinski definition) is 0. The van der Waals surface area contributed by atoms with E-state index >= 15 is 0 Å². The van der Waals surface area contributed by atoms with E-state index in [-0.39, 0.29) is 5.38 Å². The third-order valence-electron chi connectivity index (χ3n) is 3.81. The summed E-state index contributed by atoms with van der Waals surface area (Å²) in [6, 6.07) is 3.62. The van der Waals surface area contributed by atoms with Crippen molar-refractivity contribution < 1.29 is 13.9 Å². The fraction of sp³-hybridized carbons (Fsp3) is 0.375. The van der Waals surface area contributed by atoms with E-state index in [0.29, 0.717) is 29.7 Å². The maximum Gasteiger partial charge on any atom is 0.162 e. The van der Waals surface area contributed by atoms with Crippen molar-refractivity contribution in [2.24, 2.45) is 0 Å². The summed E-state index contributed by atoms with van der Waals surface area (Å²) >= 11 is 13.0. The molecule has 1 aliphatic heterocycles. The normalized spacial score (nSPS) is 15.1. The predicted molar refractivity (Wildman–Crippen MR) is 83.1 cm³/mol. The number of fused-ring (bicyclic) bond motifs is 1. The second-order valence-corrected chi connectivity index (χ2v) is 5.98. The van der Waals surface area contributed by atoms with E-state index in [1.54, 1.807) is 6.07 Å². The lowest BCUT2D eigenvalue weighted by Gasteiger charge is -2.21. The minimum atomic E-state index is -0.384. The summed E-state index contributed by atoms with van der Waals surface area (Å²) in [6.07, 6.45) is 0. The van der Waals surface area contributed by atoms with Gasteiger partial charge in [-0.3, -0.25) is 0 Å². The Morgan fingerprint density at radius 3 is 2.19 bits per heavy atom. The summed E-state index contributed by atoms with van der Waals surface area (Å²) < 4.78 is 16.8. The van der Waals surface area contributed by atoms with Crippen LogP contribution in [0.15, 0.2) is 16.5 Å². The summed E-state index contributed by atoms with van der Waals surface area (Å²) in [4.78, 5) is 0. The Balaban J connectivity index is 2.07. The zero-order chi connectivity index (χ0) is 15.1. The zero-order valence-corrected chi connectivity index (χ0v) is 13.6. The Morgan fingerprint density at radius 2 is 1.62 bits per heavy atom. The average Bonchev–Trinajstić information content (AvgIpc) is 2.70. The number of alkyl halides is 1. The first-order valence-electron chi connectivity index (χ1n) is 6.78. The fourth-order valence-corrected chi connectivity index (χ4v) is 3.43. The first-order valence-corrected chi connectivity index (χ1v) is 7.60. The molecule has 0 saturated carbocycles. The lowest BCUT2D eigenvalue weighted by atomic mass is 10.00. The van der Waals surface area contributed by atoms with Gasteiger partial charge in [-0.15, -0.1) is 11.6 Å². The summed E-state index contributed by atoms with van der Waals surface area (Å²) in [5.41, 5.74) is 2.82. The minimum absolute atomic E-state index is 0.384. The number of ether oxygens (including phenoxy) is 2. The molecular weight excluding hydrogens is 311 g/mol. The van der Waals surface area contributed by atoms with Crippen molar-refractivity contribution in [1.82, 2.24) is 0 Å². The van der Waals surface area contributed by atoms with Gasteiger partial charge in [-0.25, -0.2) is 0 Å². The van der Waals surface area contributed by atoms with Crippen LogP contribution in [-0.2, 0) is 0 Å². The summed E-state index contributed by atoms with van der Waals surface area (Å²) in [7, 11) is 0. The van der Waals surface area contributed by atoms with Gasteiger partial charge >= 0.3 is 0 Å². The van der Waals surface area contributed by atoms with Crippen LogP contribution in [0.3, 0.4) is 0 Å². The van der Waals surface area contributed by atoms with E-state index in [4.69, 9.17) is 37.1 Å². The summed E-state index contributed by atoms with van der Waals surface area (Å²) in [5, 5.41) is 0.183. The van der Waals surface area contributed by atoms with Gasteiger partial charge in [0.1, 0.15) is 24.7 Å². The Morgan fingerprint density at radius 1 is 1.00 bits per heavy atom. The average molecular weight is 327 g/mol. The fourth-order valence-electron chi connectivity index (χ4n) is 2.61. The standard InChI is InChI=1S/C16H16Cl2O3/c1-8-9(2)21-10(3)15(8)16(18)11-6-13-14(7-12(11)17)20-5-4-19-13/h6-7,16H,4-5H2,1-3H3. The quantitative estimate of drug-likeness (QED) is 0.731. The van der Waals surface area contributed by atoms with Crippen molar-refractivity contribution in [3.8, 4) is 11.5 Å². The van der Waals surface area contributed by atoms with Gasteiger partial charge in [0.15, 0.2) is 11.5 Å². The van der Waals surface area contributed by atoms with Crippen molar-refractivity contribution in [2.75, 3.05) is 13.2 Å². The molecule has 0 fully saturated rings. The maximum atomic E-state index is 6.66. The molecule has 0 bridgehead atoms. The molecule has 1 aromatic carbocycles. The van der Waals surface area contributed by atoms with Gasteiger partial charge in [0, 0.05) is 16.7 Å². The Bertz CT molecular complexity index is 691. The van der Waals surface area contributed by atoms with Gasteiger partial charge in [-0.05, 0) is 38.0 Å². The van der Waals surface area contributed by atoms with Gasteiger partial charge in [0.05, 0.1) is 5.38 Å². The highest BCUT2D eigenvalue weighted by molar-refractivity contribution is 6.33. The molecule has 0 spiro atoms. The van der Waals surface area contributed by atoms with Crippen LogP contribution < -0.4 is 9.47 Å². The monoisotopic (exact) mass is 326 g/mol. The molecule has 0 amide bonds. The van der Waals surface area contributed by atoms with E-state index in [2.05, 4.69) is 0 Å². The Labute approximate surface area is 133 Å². The molecule has 0 aliphatic carbocycles. The molecule has 0 saturated heterocycles. The molecule has 1 unspecified atom stereocenters. The molecule has 0 radical (unpaired) electrons. The van der Waals surface area contributed by atoms with E-state index in [1.807, 2.05) is 26.8 Å². The SMILES string of the molecule is Cc1oc(C)c(C(Cl)c2cc3c(cc2Cl)OCCO3)c1C. The lowest BCUT2D eigenvalue weighted by molar-refractivity contribution is 0.171. The van der Waals surface area contributed by atoms with E-state index < -0.39 is 0 Å². The van der Waals surface area contributed by atoms with Crippen LogP contribution in [0.4, 0.5) is 0 Å². The molecule has 2 heterocycles. The summed E-state index contributed by atoms with van der Waals surface area (Å²) in [6.45, 7) is 6.91. The molecule has 1 aromatic heterocycles. The van der Waals surface area contributed by atoms with Crippen LogP contribution >= 0.6 is 23.2 Å². The third kappa shape index (κ3) is 2.49. The molecule has 3 nitrogen and oxygen atoms in total. The summed E-state index contributed by atoms with van der Waals surface area (Å²) in [5.74, 6) is 3.04. The van der Waals surface area contributed by atoms with Crippen LogP contribution in [0.2, 0.25) is 5.02 Å². The number of hydrogen-bond acceptors (Lipinski definition) is 3. The number of furan rings is 1. The van der Waals surface area contributed by atoms with E-state index in [9.17, 15) is 0 Å². The maximum absolute atomic E-state index is 6.66. The molecule has 2 aromatic rings. The highest BCUT2D eigenvalue weighted by atomic mass is 35.5. The molecule has 1 aliphatic rings. The van der Waals surface area contributed by atoms with Gasteiger partial charge in [-0.1, -0.05) is 11.6 Å². The van der Waals surface area contributed by atoms with Crippen molar-refractivity contribution in [2.45, 2.75) is 26.1 Å². The van der Waals surface area contributed by atoms with Crippen LogP contribution in [-0.4, -0.2) is 13.2 Å². The van der Waals surface area contributed by atoms with Crippen LogP contribution in [0.5, 0.6) is 11.5 Å². The second-order valence-electron chi connectivity index (χ2n) is 5.13. The van der Waals surface area contributed by atoms with Crippen molar-refractivity contribution in [3.05, 3.63) is 45.4 Å². The predicted octanol–water partition coefficient (Wildman–Crippen LogP) is 4.96. The van der Waals surface area contributed by atoms with Crippen LogP contribution in [0.25, 0.3) is 0 Å². The molecule has 5 heteroatoms. The zero-order valence-electron chi connectivity index (χ0n) is 12.1. The van der Waals surface area contributed by atoms with Crippen LogP contribution in [0, 0.1) is 20.8 Å². The minimum Gasteiger partial charge on any atom is -0.486 e. The number of benzene rings is 1. The highest BCUT2D eigenvalue weighted by Crippen LogP contribution is 2.43. The van der Waals surface area contributed by atoms with Crippen LogP contribution in [0.1, 0.15) is 33.6 Å². The van der Waals surface area contributed by atoms with Crippen molar-refractivity contribution in [1.29, 1.82) is 0 Å². The number of aryl methyl sites for hydroxylation is 2. The van der Waals surface area contributed by atoms with Crippen molar-refractivity contribution in [3.63, 3.8) is 0 Å². The van der Waals surface area contributed by atoms with Crippen molar-refractivity contribution >= 4 is 23.2 Å². The lowest BCUT2D eigenvalue weighted by Crippen LogP contribution is -2.15. The first kappa shape index (κ1) is 14.6. The molecule has 0 N–H and O–H groups in total. The first-order chi connectivity index (χ1) is 9.99. The Kier molecular flexibility index (Phi) is 3.80. The molecule has 112 valence electrons. The second kappa shape index (κ2) is 5.47. The smallest absolute Gasteiger partial charge is 0.162 e. The third-order valence-corrected chi connectivity index (χ3v) is 4.59. The van der Waals surface area contributed by atoms with E-state index in [0.717, 1.165) is 28.2 Å². The molecule has 1 atom stereocenters. The van der Waals surface area contributed by atoms with Gasteiger partial charge in [0.25, 0.3) is 0 Å². The largest absolute Gasteiger partial charge is 0.486 e. The highest BCUT2D eigenvalue weighted by Gasteiger charge is 2.25. The number of rotatable bonds is 2. The Hall–Kier alpha value is -1.32. The van der Waals surface area contributed by atoms with Gasteiger partial charge < -0.3 is 13.9 Å². The van der Waals surface area contributed by atoms with Gasteiger partial charge in [-0.2, -0.15) is 0 Å². The molecule has 21 heavy (non-hydrogen) atoms. The molecular formula is C16H16Cl2O3. The molecule has 3 rings (SSSR count). The van der Waals surface area contributed by atoms with E-state index in [1.165, 1.54) is 0 Å². The topological polar surface area (TPSA) is 31.6 Å². The van der Waals surface area contributed by atoms with Gasteiger partial charge in [0.2, 0.25) is 0 Å².